The van der Waals surface area contributed by atoms with Crippen LogP contribution in [0.5, 0.6) is 0 Å². The fourth-order valence-electron chi connectivity index (χ4n) is 2.67. The second kappa shape index (κ2) is 6.06. The fourth-order valence-corrected chi connectivity index (χ4v) is 3.34. The molecular formula is C15H22N2OS. The zero-order valence-corrected chi connectivity index (χ0v) is 12.1. The average Bonchev–Trinajstić information content (AvgIpc) is 3.13. The molecule has 0 bridgehead atoms. The second-order valence-electron chi connectivity index (χ2n) is 5.82. The van der Waals surface area contributed by atoms with Crippen molar-refractivity contribution >= 4 is 17.2 Å². The van der Waals surface area contributed by atoms with Crippen LogP contribution in [-0.4, -0.2) is 36.5 Å². The molecule has 4 heteroatoms. The molecule has 1 aliphatic carbocycles. The van der Waals surface area contributed by atoms with Crippen LogP contribution >= 0.6 is 11.3 Å². The first kappa shape index (κ1) is 13.1. The summed E-state index contributed by atoms with van der Waals surface area (Å²) >= 11 is 1.66. The van der Waals surface area contributed by atoms with E-state index in [0.29, 0.717) is 18.4 Å². The number of amides is 1. The number of carbonyl (C=O) groups excluding carboxylic acids is 1. The minimum atomic E-state index is 0.291. The molecule has 104 valence electrons. The second-order valence-corrected chi connectivity index (χ2v) is 6.60. The predicted octanol–water partition coefficient (Wildman–Crippen LogP) is 2.28. The standard InChI is InChI=1S/C15H22N2OS/c18-15(9-13-5-8-19-11-13)17-6-3-14(4-7-17)16-10-12-1-2-12/h5,8,11-12,14,16H,1-4,6-7,9-10H2. The summed E-state index contributed by atoms with van der Waals surface area (Å²) in [6, 6.07) is 2.68. The Bertz CT molecular complexity index is 406. The molecule has 0 spiro atoms. The van der Waals surface area contributed by atoms with Crippen molar-refractivity contribution in [1.82, 2.24) is 10.2 Å². The van der Waals surface area contributed by atoms with Gasteiger partial charge in [0.05, 0.1) is 6.42 Å². The summed E-state index contributed by atoms with van der Waals surface area (Å²) < 4.78 is 0. The molecule has 1 aromatic rings. The van der Waals surface area contributed by atoms with E-state index in [1.165, 1.54) is 19.4 Å². The van der Waals surface area contributed by atoms with Gasteiger partial charge in [-0.05, 0) is 60.5 Å². The smallest absolute Gasteiger partial charge is 0.227 e. The summed E-state index contributed by atoms with van der Waals surface area (Å²) in [7, 11) is 0. The highest BCUT2D eigenvalue weighted by atomic mass is 32.1. The fraction of sp³-hybridized carbons (Fsp3) is 0.667. The highest BCUT2D eigenvalue weighted by Crippen LogP contribution is 2.28. The Morgan fingerprint density at radius 1 is 1.32 bits per heavy atom. The first-order valence-corrected chi connectivity index (χ1v) is 8.28. The van der Waals surface area contributed by atoms with Gasteiger partial charge < -0.3 is 10.2 Å². The van der Waals surface area contributed by atoms with Crippen LogP contribution in [-0.2, 0) is 11.2 Å². The Kier molecular flexibility index (Phi) is 4.18. The molecule has 1 amide bonds. The molecule has 1 saturated heterocycles. The van der Waals surface area contributed by atoms with E-state index < -0.39 is 0 Å². The van der Waals surface area contributed by atoms with Gasteiger partial charge in [0.1, 0.15) is 0 Å². The SMILES string of the molecule is O=C(Cc1ccsc1)N1CCC(NCC2CC2)CC1. The van der Waals surface area contributed by atoms with Gasteiger partial charge in [-0.15, -0.1) is 0 Å². The molecule has 3 nitrogen and oxygen atoms in total. The molecule has 0 atom stereocenters. The molecule has 1 aromatic heterocycles. The van der Waals surface area contributed by atoms with Crippen LogP contribution in [0, 0.1) is 5.92 Å². The maximum absolute atomic E-state index is 12.2. The lowest BCUT2D eigenvalue weighted by Crippen LogP contribution is -2.45. The molecule has 2 fully saturated rings. The number of hydrogen-bond donors (Lipinski definition) is 1. The van der Waals surface area contributed by atoms with E-state index in [4.69, 9.17) is 0 Å². The van der Waals surface area contributed by atoms with E-state index >= 15 is 0 Å². The van der Waals surface area contributed by atoms with E-state index in [0.717, 1.165) is 37.4 Å². The van der Waals surface area contributed by atoms with Crippen molar-refractivity contribution in [2.45, 2.75) is 38.1 Å². The lowest BCUT2D eigenvalue weighted by molar-refractivity contribution is -0.131. The molecule has 2 heterocycles. The summed E-state index contributed by atoms with van der Waals surface area (Å²) in [6.45, 7) is 3.03. The van der Waals surface area contributed by atoms with E-state index in [2.05, 4.69) is 10.7 Å². The summed E-state index contributed by atoms with van der Waals surface area (Å²) in [5, 5.41) is 7.76. The zero-order valence-electron chi connectivity index (χ0n) is 11.3. The van der Waals surface area contributed by atoms with Crippen molar-refractivity contribution in [3.05, 3.63) is 22.4 Å². The van der Waals surface area contributed by atoms with Crippen molar-refractivity contribution < 1.29 is 4.79 Å². The Morgan fingerprint density at radius 3 is 2.74 bits per heavy atom. The zero-order chi connectivity index (χ0) is 13.1. The molecule has 1 N–H and O–H groups in total. The van der Waals surface area contributed by atoms with Crippen molar-refractivity contribution in [3.63, 3.8) is 0 Å². The Labute approximate surface area is 119 Å². The number of piperidine rings is 1. The molecule has 0 radical (unpaired) electrons. The summed E-state index contributed by atoms with van der Waals surface area (Å²) in [6.07, 6.45) is 5.61. The van der Waals surface area contributed by atoms with Crippen LogP contribution in [0.3, 0.4) is 0 Å². The quantitative estimate of drug-likeness (QED) is 0.896. The maximum Gasteiger partial charge on any atom is 0.227 e. The maximum atomic E-state index is 12.2. The Morgan fingerprint density at radius 2 is 2.11 bits per heavy atom. The first-order valence-electron chi connectivity index (χ1n) is 7.33. The number of hydrogen-bond acceptors (Lipinski definition) is 3. The van der Waals surface area contributed by atoms with Crippen LogP contribution < -0.4 is 5.32 Å². The first-order chi connectivity index (χ1) is 9.31. The van der Waals surface area contributed by atoms with Gasteiger partial charge in [-0.1, -0.05) is 0 Å². The molecule has 1 aliphatic heterocycles. The van der Waals surface area contributed by atoms with Gasteiger partial charge in [-0.3, -0.25) is 4.79 Å². The summed E-state index contributed by atoms with van der Waals surface area (Å²) in [5.41, 5.74) is 1.16. The third-order valence-electron chi connectivity index (χ3n) is 4.18. The molecule has 0 unspecified atom stereocenters. The van der Waals surface area contributed by atoms with Gasteiger partial charge >= 0.3 is 0 Å². The van der Waals surface area contributed by atoms with E-state index in [9.17, 15) is 4.79 Å². The number of nitrogens with zero attached hydrogens (tertiary/aromatic N) is 1. The third kappa shape index (κ3) is 3.80. The van der Waals surface area contributed by atoms with Crippen LogP contribution in [0.4, 0.5) is 0 Å². The number of nitrogens with one attached hydrogen (secondary N) is 1. The van der Waals surface area contributed by atoms with Gasteiger partial charge in [0, 0.05) is 19.1 Å². The van der Waals surface area contributed by atoms with E-state index in [1.807, 2.05) is 16.3 Å². The van der Waals surface area contributed by atoms with Crippen molar-refractivity contribution in [1.29, 1.82) is 0 Å². The number of thiophene rings is 1. The molecule has 19 heavy (non-hydrogen) atoms. The minimum Gasteiger partial charge on any atom is -0.342 e. The third-order valence-corrected chi connectivity index (χ3v) is 4.91. The topological polar surface area (TPSA) is 32.3 Å². The predicted molar refractivity (Wildman–Crippen MR) is 78.4 cm³/mol. The summed E-state index contributed by atoms with van der Waals surface area (Å²) in [4.78, 5) is 14.2. The Balaban J connectivity index is 1.40. The van der Waals surface area contributed by atoms with Crippen molar-refractivity contribution in [3.8, 4) is 0 Å². The van der Waals surface area contributed by atoms with Crippen molar-refractivity contribution in [2.75, 3.05) is 19.6 Å². The van der Waals surface area contributed by atoms with Gasteiger partial charge in [0.15, 0.2) is 0 Å². The highest BCUT2D eigenvalue weighted by Gasteiger charge is 2.25. The Hall–Kier alpha value is -0.870. The monoisotopic (exact) mass is 278 g/mol. The average molecular weight is 278 g/mol. The van der Waals surface area contributed by atoms with Gasteiger partial charge in [0.2, 0.25) is 5.91 Å². The summed E-state index contributed by atoms with van der Waals surface area (Å²) in [5.74, 6) is 1.23. The number of carbonyl (C=O) groups is 1. The largest absolute Gasteiger partial charge is 0.342 e. The lowest BCUT2D eigenvalue weighted by atomic mass is 10.0. The van der Waals surface area contributed by atoms with Gasteiger partial charge in [-0.25, -0.2) is 0 Å². The number of likely N-dealkylation sites (tertiary alicyclic amines) is 1. The molecular weight excluding hydrogens is 256 g/mol. The van der Waals surface area contributed by atoms with Gasteiger partial charge in [-0.2, -0.15) is 11.3 Å². The van der Waals surface area contributed by atoms with Crippen LogP contribution in [0.1, 0.15) is 31.2 Å². The number of rotatable bonds is 5. The van der Waals surface area contributed by atoms with E-state index in [1.54, 1.807) is 11.3 Å². The van der Waals surface area contributed by atoms with E-state index in [-0.39, 0.29) is 0 Å². The minimum absolute atomic E-state index is 0.291. The van der Waals surface area contributed by atoms with Crippen LogP contribution in [0.2, 0.25) is 0 Å². The normalized spacial score (nSPS) is 20.7. The van der Waals surface area contributed by atoms with Crippen LogP contribution in [0.25, 0.3) is 0 Å². The molecule has 0 aromatic carbocycles. The highest BCUT2D eigenvalue weighted by molar-refractivity contribution is 7.07. The molecule has 2 aliphatic rings. The van der Waals surface area contributed by atoms with Gasteiger partial charge in [0.25, 0.3) is 0 Å². The van der Waals surface area contributed by atoms with Crippen LogP contribution in [0.15, 0.2) is 16.8 Å². The lowest BCUT2D eigenvalue weighted by Gasteiger charge is -2.32. The van der Waals surface area contributed by atoms with Crippen molar-refractivity contribution in [2.24, 2.45) is 5.92 Å². The molecule has 3 rings (SSSR count). The molecule has 1 saturated carbocycles.